The minimum atomic E-state index is -0.319. The summed E-state index contributed by atoms with van der Waals surface area (Å²) in [5.74, 6) is 1.08. The molecular formula is C20H23ClN2O3. The third kappa shape index (κ3) is 3.31. The monoisotopic (exact) mass is 374 g/mol. The van der Waals surface area contributed by atoms with Gasteiger partial charge in [0, 0.05) is 17.8 Å². The van der Waals surface area contributed by atoms with Crippen molar-refractivity contribution in [2.75, 3.05) is 25.6 Å². The summed E-state index contributed by atoms with van der Waals surface area (Å²) >= 11 is 6.41. The molecule has 1 atom stereocenters. The van der Waals surface area contributed by atoms with E-state index in [0.29, 0.717) is 35.2 Å². The first-order valence-corrected chi connectivity index (χ1v) is 9.15. The van der Waals surface area contributed by atoms with E-state index >= 15 is 0 Å². The first kappa shape index (κ1) is 18.4. The molecule has 1 amide bonds. The number of anilines is 1. The Labute approximate surface area is 158 Å². The van der Waals surface area contributed by atoms with Crippen molar-refractivity contribution in [1.82, 2.24) is 4.90 Å². The van der Waals surface area contributed by atoms with Crippen LogP contribution >= 0.6 is 11.6 Å². The second kappa shape index (κ2) is 7.87. The van der Waals surface area contributed by atoms with Crippen LogP contribution in [0.2, 0.25) is 5.02 Å². The van der Waals surface area contributed by atoms with Gasteiger partial charge in [0.25, 0.3) is 5.91 Å². The minimum Gasteiger partial charge on any atom is -0.491 e. The lowest BCUT2D eigenvalue weighted by molar-refractivity contribution is 0.0683. The summed E-state index contributed by atoms with van der Waals surface area (Å²) in [6.07, 6.45) is 0.536. The molecule has 3 rings (SSSR count). The highest BCUT2D eigenvalue weighted by atomic mass is 35.5. The van der Waals surface area contributed by atoms with Gasteiger partial charge in [-0.15, -0.1) is 0 Å². The van der Waals surface area contributed by atoms with Gasteiger partial charge in [-0.25, -0.2) is 0 Å². The topological polar surface area (TPSA) is 50.8 Å². The van der Waals surface area contributed by atoms with Crippen molar-refractivity contribution in [3.05, 3.63) is 52.5 Å². The number of halogens is 1. The summed E-state index contributed by atoms with van der Waals surface area (Å²) in [6.45, 7) is 5.09. The fraction of sp³-hybridized carbons (Fsp3) is 0.350. The molecule has 1 heterocycles. The Bertz CT molecular complexity index is 810. The first-order valence-electron chi connectivity index (χ1n) is 8.77. The highest BCUT2D eigenvalue weighted by Gasteiger charge is 2.33. The van der Waals surface area contributed by atoms with Gasteiger partial charge in [-0.2, -0.15) is 0 Å². The molecule has 138 valence electrons. The van der Waals surface area contributed by atoms with Gasteiger partial charge in [0.05, 0.1) is 24.3 Å². The van der Waals surface area contributed by atoms with Crippen LogP contribution in [0.15, 0.2) is 36.4 Å². The summed E-state index contributed by atoms with van der Waals surface area (Å²) in [5.41, 5.74) is 2.36. The molecule has 2 aromatic carbocycles. The molecule has 1 aliphatic heterocycles. The van der Waals surface area contributed by atoms with Crippen molar-refractivity contribution in [1.29, 1.82) is 0 Å². The van der Waals surface area contributed by atoms with Gasteiger partial charge < -0.3 is 19.7 Å². The fourth-order valence-corrected chi connectivity index (χ4v) is 3.53. The molecule has 0 spiro atoms. The van der Waals surface area contributed by atoms with Crippen LogP contribution in [0.5, 0.6) is 11.5 Å². The number of ether oxygens (including phenoxy) is 2. The van der Waals surface area contributed by atoms with Crippen molar-refractivity contribution in [3.63, 3.8) is 0 Å². The number of amides is 1. The van der Waals surface area contributed by atoms with Crippen molar-refractivity contribution in [2.24, 2.45) is 0 Å². The van der Waals surface area contributed by atoms with E-state index in [9.17, 15) is 4.79 Å². The number of nitrogens with zero attached hydrogens (tertiary/aromatic N) is 1. The predicted octanol–water partition coefficient (Wildman–Crippen LogP) is 4.72. The molecule has 0 radical (unpaired) electrons. The Balaban J connectivity index is 2.07. The second-order valence-corrected chi connectivity index (χ2v) is 6.47. The Hall–Kier alpha value is -2.40. The molecular weight excluding hydrogens is 352 g/mol. The van der Waals surface area contributed by atoms with Crippen LogP contribution in [0.1, 0.15) is 42.4 Å². The average Bonchev–Trinajstić information content (AvgIpc) is 2.64. The molecule has 5 nitrogen and oxygen atoms in total. The molecule has 0 bridgehead atoms. The van der Waals surface area contributed by atoms with Gasteiger partial charge in [-0.1, -0.05) is 30.7 Å². The zero-order chi connectivity index (χ0) is 18.7. The Morgan fingerprint density at radius 3 is 2.69 bits per heavy atom. The van der Waals surface area contributed by atoms with Crippen molar-refractivity contribution < 1.29 is 14.3 Å². The molecule has 6 heteroatoms. The molecule has 0 saturated heterocycles. The van der Waals surface area contributed by atoms with E-state index < -0.39 is 0 Å². The second-order valence-electron chi connectivity index (χ2n) is 6.06. The van der Waals surface area contributed by atoms with E-state index in [1.165, 1.54) is 0 Å². The molecule has 2 aromatic rings. The molecule has 26 heavy (non-hydrogen) atoms. The largest absolute Gasteiger partial charge is 0.491 e. The number of carbonyl (C=O) groups is 1. The number of hydrogen-bond donors (Lipinski definition) is 1. The Morgan fingerprint density at radius 1 is 1.23 bits per heavy atom. The summed E-state index contributed by atoms with van der Waals surface area (Å²) < 4.78 is 11.1. The van der Waals surface area contributed by atoms with Crippen LogP contribution in [0, 0.1) is 0 Å². The molecule has 0 fully saturated rings. The number of methoxy groups -OCH3 is 1. The highest BCUT2D eigenvalue weighted by molar-refractivity contribution is 6.32. The van der Waals surface area contributed by atoms with Crippen LogP contribution in [0.4, 0.5) is 5.69 Å². The quantitative estimate of drug-likeness (QED) is 0.794. The van der Waals surface area contributed by atoms with Crippen LogP contribution in [-0.4, -0.2) is 31.1 Å². The minimum absolute atomic E-state index is 0.0103. The van der Waals surface area contributed by atoms with Gasteiger partial charge in [0.2, 0.25) is 0 Å². The maximum Gasteiger partial charge on any atom is 0.257 e. The summed E-state index contributed by atoms with van der Waals surface area (Å²) in [7, 11) is 1.56. The number of carbonyl (C=O) groups excluding carboxylic acids is 1. The molecule has 1 aliphatic rings. The van der Waals surface area contributed by atoms with Crippen molar-refractivity contribution in [3.8, 4) is 11.5 Å². The van der Waals surface area contributed by atoms with E-state index in [2.05, 4.69) is 12.2 Å². The highest BCUT2D eigenvalue weighted by Crippen LogP contribution is 2.41. The summed E-state index contributed by atoms with van der Waals surface area (Å²) in [6, 6.07) is 11.3. The van der Waals surface area contributed by atoms with E-state index in [0.717, 1.165) is 17.7 Å². The van der Waals surface area contributed by atoms with E-state index in [-0.39, 0.29) is 12.1 Å². The number of benzene rings is 2. The smallest absolute Gasteiger partial charge is 0.257 e. The number of nitrogens with one attached hydrogen (secondary N) is 1. The molecule has 1 unspecified atom stereocenters. The molecule has 0 aromatic heterocycles. The third-order valence-electron chi connectivity index (χ3n) is 4.34. The van der Waals surface area contributed by atoms with Crippen molar-refractivity contribution in [2.45, 2.75) is 26.4 Å². The van der Waals surface area contributed by atoms with Gasteiger partial charge in [-0.05, 0) is 37.6 Å². The van der Waals surface area contributed by atoms with Crippen LogP contribution in [-0.2, 0) is 0 Å². The third-order valence-corrected chi connectivity index (χ3v) is 4.62. The lowest BCUT2D eigenvalue weighted by atomic mass is 10.0. The Kier molecular flexibility index (Phi) is 5.57. The van der Waals surface area contributed by atoms with E-state index in [1.54, 1.807) is 7.11 Å². The van der Waals surface area contributed by atoms with Crippen molar-refractivity contribution >= 4 is 23.2 Å². The van der Waals surface area contributed by atoms with Gasteiger partial charge in [0.1, 0.15) is 6.17 Å². The standard InChI is InChI=1S/C20H23ClN2O3/c1-4-10-23-19(22-16-9-7-6-8-14(16)20(23)24)13-11-15(21)18(25-3)17(12-13)26-5-2/h6-9,11-12,19,22H,4-5,10H2,1-3H3. The maximum atomic E-state index is 13.0. The Morgan fingerprint density at radius 2 is 2.00 bits per heavy atom. The number of rotatable bonds is 6. The first-order chi connectivity index (χ1) is 12.6. The van der Waals surface area contributed by atoms with E-state index in [1.807, 2.05) is 48.2 Å². The molecule has 0 saturated carbocycles. The van der Waals surface area contributed by atoms with Crippen LogP contribution < -0.4 is 14.8 Å². The van der Waals surface area contributed by atoms with Gasteiger partial charge in [-0.3, -0.25) is 4.79 Å². The SMILES string of the molecule is CCCN1C(=O)c2ccccc2NC1c1cc(Cl)c(OC)c(OCC)c1. The number of para-hydroxylation sites is 1. The zero-order valence-electron chi connectivity index (χ0n) is 15.2. The van der Waals surface area contributed by atoms with Crippen LogP contribution in [0.3, 0.4) is 0 Å². The maximum absolute atomic E-state index is 13.0. The lowest BCUT2D eigenvalue weighted by Crippen LogP contribution is -2.43. The van der Waals surface area contributed by atoms with Crippen LogP contribution in [0.25, 0.3) is 0 Å². The average molecular weight is 375 g/mol. The fourth-order valence-electron chi connectivity index (χ4n) is 3.23. The molecule has 1 N–H and O–H groups in total. The number of hydrogen-bond acceptors (Lipinski definition) is 4. The lowest BCUT2D eigenvalue weighted by Gasteiger charge is -2.38. The summed E-state index contributed by atoms with van der Waals surface area (Å²) in [4.78, 5) is 14.8. The summed E-state index contributed by atoms with van der Waals surface area (Å²) in [5, 5.41) is 3.92. The zero-order valence-corrected chi connectivity index (χ0v) is 16.0. The number of fused-ring (bicyclic) bond motifs is 1. The van der Waals surface area contributed by atoms with Gasteiger partial charge >= 0.3 is 0 Å². The normalized spacial score (nSPS) is 16.1. The predicted molar refractivity (Wildman–Crippen MR) is 103 cm³/mol. The van der Waals surface area contributed by atoms with E-state index in [4.69, 9.17) is 21.1 Å². The molecule has 0 aliphatic carbocycles. The van der Waals surface area contributed by atoms with Gasteiger partial charge in [0.15, 0.2) is 11.5 Å².